The summed E-state index contributed by atoms with van der Waals surface area (Å²) in [5.74, 6) is -1.24. The van der Waals surface area contributed by atoms with Crippen molar-refractivity contribution in [1.82, 2.24) is 4.98 Å². The Labute approximate surface area is 178 Å². The summed E-state index contributed by atoms with van der Waals surface area (Å²) in [5, 5.41) is 14.3. The predicted octanol–water partition coefficient (Wildman–Crippen LogP) is 4.21. The fourth-order valence-corrected chi connectivity index (χ4v) is 3.85. The number of benzene rings is 2. The highest BCUT2D eigenvalue weighted by molar-refractivity contribution is 6.06. The van der Waals surface area contributed by atoms with Crippen molar-refractivity contribution in [3.63, 3.8) is 0 Å². The summed E-state index contributed by atoms with van der Waals surface area (Å²) in [6.45, 7) is 1.44. The summed E-state index contributed by atoms with van der Waals surface area (Å²) in [6, 6.07) is 13.2. The number of aryl methyl sites for hydroxylation is 1. The Bertz CT molecular complexity index is 1190. The maximum Gasteiger partial charge on any atom is 0.339 e. The molecule has 31 heavy (non-hydrogen) atoms. The zero-order valence-corrected chi connectivity index (χ0v) is 17.0. The van der Waals surface area contributed by atoms with Gasteiger partial charge in [0.1, 0.15) is 5.69 Å². The number of rotatable bonds is 5. The van der Waals surface area contributed by atoms with E-state index in [2.05, 4.69) is 5.32 Å². The van der Waals surface area contributed by atoms with Crippen LogP contribution in [0, 0.1) is 10.1 Å². The number of pyridine rings is 1. The Morgan fingerprint density at radius 1 is 1.10 bits per heavy atom. The molecule has 1 aromatic heterocycles. The molecule has 4 rings (SSSR count). The fraction of sp³-hybridized carbons (Fsp3) is 0.261. The smallest absolute Gasteiger partial charge is 0.339 e. The van der Waals surface area contributed by atoms with E-state index in [1.807, 2.05) is 24.3 Å². The van der Waals surface area contributed by atoms with E-state index in [1.165, 1.54) is 25.1 Å². The topological polar surface area (TPSA) is 111 Å². The SMILES string of the molecule is C[C@H](OC(=O)c1c2c(nc3ccccc13)CCCC2)C(=O)Nc1ccccc1[N+](=O)[O-]. The molecular weight excluding hydrogens is 398 g/mol. The molecule has 0 radical (unpaired) electrons. The third-order valence-electron chi connectivity index (χ3n) is 5.39. The zero-order valence-electron chi connectivity index (χ0n) is 17.0. The Morgan fingerprint density at radius 3 is 2.61 bits per heavy atom. The summed E-state index contributed by atoms with van der Waals surface area (Å²) < 4.78 is 5.50. The van der Waals surface area contributed by atoms with Crippen LogP contribution in [-0.2, 0) is 22.4 Å². The summed E-state index contributed by atoms with van der Waals surface area (Å²) >= 11 is 0. The molecule has 1 amide bonds. The van der Waals surface area contributed by atoms with Gasteiger partial charge in [0, 0.05) is 17.1 Å². The molecule has 0 saturated carbocycles. The summed E-state index contributed by atoms with van der Waals surface area (Å²) in [7, 11) is 0. The molecule has 1 aliphatic carbocycles. The average Bonchev–Trinajstić information content (AvgIpc) is 2.77. The van der Waals surface area contributed by atoms with Crippen LogP contribution in [0.25, 0.3) is 10.9 Å². The molecule has 0 unspecified atom stereocenters. The number of nitro benzene ring substituents is 1. The third kappa shape index (κ3) is 4.09. The molecule has 0 fully saturated rings. The first-order valence-electron chi connectivity index (χ1n) is 10.1. The molecule has 8 heteroatoms. The number of esters is 1. The van der Waals surface area contributed by atoms with Crippen LogP contribution in [0.1, 0.15) is 41.4 Å². The molecule has 0 spiro atoms. The fourth-order valence-electron chi connectivity index (χ4n) is 3.85. The average molecular weight is 419 g/mol. The molecule has 0 aliphatic heterocycles. The van der Waals surface area contributed by atoms with Gasteiger partial charge in [-0.05, 0) is 50.3 Å². The number of nitro groups is 1. The molecule has 1 N–H and O–H groups in total. The monoisotopic (exact) mass is 419 g/mol. The molecule has 1 atom stereocenters. The van der Waals surface area contributed by atoms with Crippen LogP contribution < -0.4 is 5.32 Å². The number of para-hydroxylation sites is 3. The van der Waals surface area contributed by atoms with E-state index >= 15 is 0 Å². The Kier molecular flexibility index (Phi) is 5.62. The van der Waals surface area contributed by atoms with Crippen molar-refractivity contribution in [1.29, 1.82) is 0 Å². The van der Waals surface area contributed by atoms with Gasteiger partial charge in [0.2, 0.25) is 0 Å². The van der Waals surface area contributed by atoms with Crippen LogP contribution in [0.2, 0.25) is 0 Å². The Balaban J connectivity index is 1.59. The standard InChI is InChI=1S/C23H21N3O5/c1-14(22(27)25-19-12-6-7-13-20(19)26(29)30)31-23(28)21-15-8-2-4-10-17(15)24-18-11-5-3-9-16(18)21/h2,4,6-8,10,12-14H,3,5,9,11H2,1H3,(H,25,27)/t14-/m0/s1. The quantitative estimate of drug-likeness (QED) is 0.377. The normalized spacial score (nSPS) is 13.8. The van der Waals surface area contributed by atoms with Gasteiger partial charge in [0.05, 0.1) is 16.0 Å². The highest BCUT2D eigenvalue weighted by Gasteiger charge is 2.27. The minimum Gasteiger partial charge on any atom is -0.449 e. The lowest BCUT2D eigenvalue weighted by Gasteiger charge is -2.21. The van der Waals surface area contributed by atoms with Crippen LogP contribution in [0.5, 0.6) is 0 Å². The lowest BCUT2D eigenvalue weighted by Crippen LogP contribution is -2.31. The Hall–Kier alpha value is -3.81. The molecule has 8 nitrogen and oxygen atoms in total. The third-order valence-corrected chi connectivity index (χ3v) is 5.39. The van der Waals surface area contributed by atoms with E-state index < -0.39 is 22.9 Å². The van der Waals surface area contributed by atoms with Crippen molar-refractivity contribution in [2.75, 3.05) is 5.32 Å². The van der Waals surface area contributed by atoms with Gasteiger partial charge in [-0.3, -0.25) is 19.9 Å². The number of fused-ring (bicyclic) bond motifs is 2. The number of nitrogens with one attached hydrogen (secondary N) is 1. The number of carbonyl (C=O) groups is 2. The Morgan fingerprint density at radius 2 is 1.81 bits per heavy atom. The first kappa shape index (κ1) is 20.5. The van der Waals surface area contributed by atoms with Crippen molar-refractivity contribution in [3.05, 3.63) is 75.5 Å². The van der Waals surface area contributed by atoms with Gasteiger partial charge >= 0.3 is 5.97 Å². The molecule has 158 valence electrons. The lowest BCUT2D eigenvalue weighted by atomic mass is 9.90. The van der Waals surface area contributed by atoms with Crippen molar-refractivity contribution in [3.8, 4) is 0 Å². The summed E-state index contributed by atoms with van der Waals surface area (Å²) in [5.41, 5.74) is 2.75. The molecular formula is C23H21N3O5. The van der Waals surface area contributed by atoms with E-state index in [4.69, 9.17) is 9.72 Å². The molecule has 2 aromatic carbocycles. The van der Waals surface area contributed by atoms with Gasteiger partial charge in [-0.1, -0.05) is 30.3 Å². The minimum atomic E-state index is -1.14. The molecule has 3 aromatic rings. The molecule has 1 heterocycles. The van der Waals surface area contributed by atoms with E-state index in [0.29, 0.717) is 16.5 Å². The van der Waals surface area contributed by atoms with E-state index in [0.717, 1.165) is 36.9 Å². The first-order chi connectivity index (χ1) is 15.0. The largest absolute Gasteiger partial charge is 0.449 e. The number of ether oxygens (including phenoxy) is 1. The molecule has 0 saturated heterocycles. The maximum absolute atomic E-state index is 13.1. The van der Waals surface area contributed by atoms with Gasteiger partial charge in [0.25, 0.3) is 11.6 Å². The molecule has 1 aliphatic rings. The van der Waals surface area contributed by atoms with Crippen LogP contribution in [-0.4, -0.2) is 27.9 Å². The highest BCUT2D eigenvalue weighted by atomic mass is 16.6. The second-order valence-electron chi connectivity index (χ2n) is 7.45. The van der Waals surface area contributed by atoms with Crippen LogP contribution in [0.3, 0.4) is 0 Å². The first-order valence-corrected chi connectivity index (χ1v) is 10.1. The minimum absolute atomic E-state index is 0.0483. The summed E-state index contributed by atoms with van der Waals surface area (Å²) in [4.78, 5) is 41.0. The van der Waals surface area contributed by atoms with Gasteiger partial charge < -0.3 is 10.1 Å². The maximum atomic E-state index is 13.1. The zero-order chi connectivity index (χ0) is 22.0. The number of carbonyl (C=O) groups excluding carboxylic acids is 2. The number of nitrogens with zero attached hydrogens (tertiary/aromatic N) is 2. The second kappa shape index (κ2) is 8.51. The lowest BCUT2D eigenvalue weighted by molar-refractivity contribution is -0.383. The number of anilines is 1. The van der Waals surface area contributed by atoms with Gasteiger partial charge in [-0.2, -0.15) is 0 Å². The van der Waals surface area contributed by atoms with Crippen LogP contribution in [0.4, 0.5) is 11.4 Å². The van der Waals surface area contributed by atoms with E-state index in [-0.39, 0.29) is 11.4 Å². The van der Waals surface area contributed by atoms with Crippen molar-refractivity contribution < 1.29 is 19.2 Å². The predicted molar refractivity (Wildman–Crippen MR) is 115 cm³/mol. The second-order valence-corrected chi connectivity index (χ2v) is 7.45. The van der Waals surface area contributed by atoms with Crippen molar-refractivity contribution >= 4 is 34.2 Å². The number of hydrogen-bond donors (Lipinski definition) is 1. The van der Waals surface area contributed by atoms with E-state index in [1.54, 1.807) is 6.07 Å². The number of amides is 1. The van der Waals surface area contributed by atoms with Crippen LogP contribution >= 0.6 is 0 Å². The van der Waals surface area contributed by atoms with Gasteiger partial charge in [0.15, 0.2) is 6.10 Å². The van der Waals surface area contributed by atoms with E-state index in [9.17, 15) is 19.7 Å². The van der Waals surface area contributed by atoms with Gasteiger partial charge in [-0.25, -0.2) is 4.79 Å². The highest BCUT2D eigenvalue weighted by Crippen LogP contribution is 2.30. The molecule has 0 bridgehead atoms. The number of aromatic nitrogens is 1. The van der Waals surface area contributed by atoms with Crippen LogP contribution in [0.15, 0.2) is 48.5 Å². The van der Waals surface area contributed by atoms with Crippen molar-refractivity contribution in [2.24, 2.45) is 0 Å². The van der Waals surface area contributed by atoms with Crippen molar-refractivity contribution in [2.45, 2.75) is 38.7 Å². The number of hydrogen-bond acceptors (Lipinski definition) is 6. The summed E-state index contributed by atoms with van der Waals surface area (Å²) in [6.07, 6.45) is 2.36. The van der Waals surface area contributed by atoms with Gasteiger partial charge in [-0.15, -0.1) is 0 Å².